The minimum Gasteiger partial charge on any atom is -0.381 e. The van der Waals surface area contributed by atoms with Gasteiger partial charge in [-0.15, -0.1) is 0 Å². The van der Waals surface area contributed by atoms with E-state index in [0.717, 1.165) is 11.1 Å². The van der Waals surface area contributed by atoms with E-state index in [-0.39, 0.29) is 23.6 Å². The highest BCUT2D eigenvalue weighted by Crippen LogP contribution is 2.53. The van der Waals surface area contributed by atoms with Crippen molar-refractivity contribution < 1.29 is 9.90 Å². The first-order valence-corrected chi connectivity index (χ1v) is 13.4. The number of thiol groups is 1. The largest absolute Gasteiger partial charge is 0.381 e. The van der Waals surface area contributed by atoms with Crippen LogP contribution >= 0.6 is 22.5 Å². The van der Waals surface area contributed by atoms with Crippen molar-refractivity contribution in [2.24, 2.45) is 0 Å². The van der Waals surface area contributed by atoms with Gasteiger partial charge in [-0.05, 0) is 22.8 Å². The van der Waals surface area contributed by atoms with Crippen LogP contribution in [0.25, 0.3) is 11.4 Å². The van der Waals surface area contributed by atoms with Gasteiger partial charge >= 0.3 is 0 Å². The van der Waals surface area contributed by atoms with Crippen molar-refractivity contribution in [2.75, 3.05) is 18.4 Å². The number of halogens is 1. The molecule has 5 rings (SSSR count). The third-order valence-corrected chi connectivity index (χ3v) is 8.92. The minimum atomic E-state index is -0.781. The van der Waals surface area contributed by atoms with Crippen molar-refractivity contribution in [2.45, 2.75) is 23.8 Å². The lowest BCUT2D eigenvalue weighted by molar-refractivity contribution is -0.119. The van der Waals surface area contributed by atoms with Crippen molar-refractivity contribution in [3.8, 4) is 11.4 Å². The molecule has 2 aromatic carbocycles. The number of hydrogen-bond donors (Lipinski definition) is 3. The van der Waals surface area contributed by atoms with Crippen LogP contribution in [-0.2, 0) is 4.79 Å². The average Bonchev–Trinajstić information content (AvgIpc) is 3.42. The number of rotatable bonds is 6. The van der Waals surface area contributed by atoms with Crippen LogP contribution in [0.2, 0.25) is 5.15 Å². The number of nitrogens with one attached hydrogen (secondary N) is 1. The number of aromatic nitrogens is 2. The van der Waals surface area contributed by atoms with E-state index < -0.39 is 15.8 Å². The molecule has 2 N–H and O–H groups in total. The summed E-state index contributed by atoms with van der Waals surface area (Å²) in [6.45, 7) is 0.797. The maximum absolute atomic E-state index is 13.1. The summed E-state index contributed by atoms with van der Waals surface area (Å²) in [4.78, 5) is 23.2. The Morgan fingerprint density at radius 3 is 2.49 bits per heavy atom. The lowest BCUT2D eigenvalue weighted by Crippen LogP contribution is -2.48. The van der Waals surface area contributed by atoms with Crippen LogP contribution in [0.15, 0.2) is 89.7 Å². The molecule has 0 saturated carbocycles. The first-order valence-electron chi connectivity index (χ1n) is 11.5. The van der Waals surface area contributed by atoms with E-state index in [9.17, 15) is 9.90 Å². The summed E-state index contributed by atoms with van der Waals surface area (Å²) >= 11 is 6.22. The average molecular weight is 507 g/mol. The van der Waals surface area contributed by atoms with E-state index in [1.54, 1.807) is 6.07 Å². The quantitative estimate of drug-likeness (QED) is 0.312. The number of carbonyl (C=O) groups is 1. The predicted octanol–water partition coefficient (Wildman–Crippen LogP) is 5.30. The Bertz CT molecular complexity index is 1240. The Hall–Kier alpha value is -2.97. The second kappa shape index (κ2) is 10.3. The molecule has 0 radical (unpaired) electrons. The van der Waals surface area contributed by atoms with Gasteiger partial charge in [-0.1, -0.05) is 84.4 Å². The Labute approximate surface area is 212 Å². The Morgan fingerprint density at radius 1 is 1.09 bits per heavy atom. The van der Waals surface area contributed by atoms with Gasteiger partial charge in [0.25, 0.3) is 0 Å². The molecule has 2 aliphatic rings. The summed E-state index contributed by atoms with van der Waals surface area (Å²) < 4.78 is 0. The lowest BCUT2D eigenvalue weighted by Gasteiger charge is -2.47. The van der Waals surface area contributed by atoms with Gasteiger partial charge in [-0.3, -0.25) is 9.69 Å². The van der Waals surface area contributed by atoms with Crippen LogP contribution in [0.1, 0.15) is 24.4 Å². The van der Waals surface area contributed by atoms with E-state index in [4.69, 9.17) is 11.6 Å². The normalized spacial score (nSPS) is 22.9. The molecule has 35 heavy (non-hydrogen) atoms. The van der Waals surface area contributed by atoms with Gasteiger partial charge < -0.3 is 10.4 Å². The van der Waals surface area contributed by atoms with Crippen LogP contribution in [0.5, 0.6) is 0 Å². The highest BCUT2D eigenvalue weighted by atomic mass is 35.5. The maximum Gasteiger partial charge on any atom is 0.239 e. The van der Waals surface area contributed by atoms with Gasteiger partial charge in [0.05, 0.1) is 6.54 Å². The summed E-state index contributed by atoms with van der Waals surface area (Å²) in [7, 11) is -0.735. The number of anilines is 1. The summed E-state index contributed by atoms with van der Waals surface area (Å²) in [6.07, 6.45) is 5.21. The van der Waals surface area contributed by atoms with Crippen molar-refractivity contribution in [3.05, 3.63) is 100 Å². The topological polar surface area (TPSA) is 78.4 Å². The summed E-state index contributed by atoms with van der Waals surface area (Å²) in [5, 5.41) is 18.9. The SMILES string of the molecule is O=C(CN1CCC(O)([SH]2C=CC=C2)CC1c1ccccc1)Nc1cc(Cl)nc(-c2ccccc2)n1. The van der Waals surface area contributed by atoms with Crippen molar-refractivity contribution in [1.82, 2.24) is 14.9 Å². The lowest BCUT2D eigenvalue weighted by atomic mass is 9.92. The first kappa shape index (κ1) is 23.8. The highest BCUT2D eigenvalue weighted by Gasteiger charge is 2.42. The Morgan fingerprint density at radius 2 is 1.77 bits per heavy atom. The first-order chi connectivity index (χ1) is 17.0. The number of piperidine rings is 1. The molecule has 1 aromatic heterocycles. The van der Waals surface area contributed by atoms with Crippen molar-refractivity contribution >= 4 is 34.2 Å². The number of nitrogens with zero attached hydrogens (tertiary/aromatic N) is 3. The molecule has 2 aliphatic heterocycles. The fourth-order valence-corrected chi connectivity index (χ4v) is 6.77. The maximum atomic E-state index is 13.1. The van der Waals surface area contributed by atoms with Crippen molar-refractivity contribution in [1.29, 1.82) is 0 Å². The molecule has 1 saturated heterocycles. The van der Waals surface area contributed by atoms with Gasteiger partial charge in [-0.2, -0.15) is 10.9 Å². The third kappa shape index (κ3) is 5.49. The number of likely N-dealkylation sites (tertiary alicyclic amines) is 1. The fraction of sp³-hybridized carbons (Fsp3) is 0.222. The molecule has 0 spiro atoms. The molecule has 1 fully saturated rings. The minimum absolute atomic E-state index is 0.0699. The molecule has 2 unspecified atom stereocenters. The van der Waals surface area contributed by atoms with E-state index in [1.165, 1.54) is 0 Å². The molecule has 0 aliphatic carbocycles. The third-order valence-electron chi connectivity index (χ3n) is 6.37. The van der Waals surface area contributed by atoms with Gasteiger partial charge in [0.2, 0.25) is 5.91 Å². The number of hydrogen-bond acceptors (Lipinski definition) is 5. The molecule has 3 aromatic rings. The standard InChI is InChI=1S/C27H27ClN4O2S/c28-23-17-24(31-26(29-23)21-11-5-2-6-12-21)30-25(33)19-32-14-13-27(34,35-15-7-8-16-35)18-22(32)20-9-3-1-4-10-20/h1-12,15-17,22,34-35H,13-14,18-19H2,(H,29,30,31,33). The molecule has 1 amide bonds. The Balaban J connectivity index is 1.33. The highest BCUT2D eigenvalue weighted by molar-refractivity contribution is 8.23. The second-order valence-electron chi connectivity index (χ2n) is 8.74. The Kier molecular flexibility index (Phi) is 7.02. The molecule has 3 heterocycles. The van der Waals surface area contributed by atoms with Gasteiger partial charge in [0, 0.05) is 30.6 Å². The second-order valence-corrected chi connectivity index (χ2v) is 11.4. The number of benzene rings is 2. The van der Waals surface area contributed by atoms with Gasteiger partial charge in [0.15, 0.2) is 5.82 Å². The zero-order valence-electron chi connectivity index (χ0n) is 19.1. The van der Waals surface area contributed by atoms with E-state index >= 15 is 0 Å². The van der Waals surface area contributed by atoms with Crippen LogP contribution in [-0.4, -0.2) is 43.9 Å². The fourth-order valence-electron chi connectivity index (χ4n) is 4.62. The zero-order valence-corrected chi connectivity index (χ0v) is 20.7. The molecule has 6 nitrogen and oxygen atoms in total. The van der Waals surface area contributed by atoms with E-state index in [0.29, 0.717) is 31.0 Å². The van der Waals surface area contributed by atoms with Gasteiger partial charge in [0.1, 0.15) is 15.9 Å². The predicted molar refractivity (Wildman–Crippen MR) is 143 cm³/mol. The van der Waals surface area contributed by atoms with Gasteiger partial charge in [-0.25, -0.2) is 9.97 Å². The number of amides is 1. The van der Waals surface area contributed by atoms with E-state index in [1.807, 2.05) is 60.7 Å². The van der Waals surface area contributed by atoms with Crippen LogP contribution < -0.4 is 5.32 Å². The van der Waals surface area contributed by atoms with Crippen LogP contribution in [0.3, 0.4) is 0 Å². The van der Waals surface area contributed by atoms with Crippen LogP contribution in [0.4, 0.5) is 5.82 Å². The van der Waals surface area contributed by atoms with E-state index in [2.05, 4.69) is 43.1 Å². The van der Waals surface area contributed by atoms with Crippen molar-refractivity contribution in [3.63, 3.8) is 0 Å². The molecule has 8 heteroatoms. The number of allylic oxidation sites excluding steroid dienone is 2. The molecule has 180 valence electrons. The monoisotopic (exact) mass is 506 g/mol. The number of aliphatic hydroxyl groups is 1. The number of carbonyl (C=O) groups excluding carboxylic acids is 1. The van der Waals surface area contributed by atoms with Crippen LogP contribution in [0, 0.1) is 0 Å². The summed E-state index contributed by atoms with van der Waals surface area (Å²) in [5.41, 5.74) is 1.92. The zero-order chi connectivity index (χ0) is 24.3. The summed E-state index contributed by atoms with van der Waals surface area (Å²) in [6, 6.07) is 21.1. The molecule has 0 bridgehead atoms. The molecule has 2 atom stereocenters. The summed E-state index contributed by atoms with van der Waals surface area (Å²) in [5.74, 6) is 0.637. The molecular formula is C27H27ClN4O2S. The smallest absolute Gasteiger partial charge is 0.239 e. The molecular weight excluding hydrogens is 480 g/mol.